The minimum absolute atomic E-state index is 0.102. The summed E-state index contributed by atoms with van der Waals surface area (Å²) in [4.78, 5) is 0. The Morgan fingerprint density at radius 2 is 1.45 bits per heavy atom. The van der Waals surface area contributed by atoms with Crippen molar-refractivity contribution in [2.45, 2.75) is 52.2 Å². The van der Waals surface area contributed by atoms with Gasteiger partial charge in [0, 0.05) is 5.41 Å². The fraction of sp³-hybridized carbons (Fsp3) is 0.481. The van der Waals surface area contributed by atoms with Crippen LogP contribution in [0.1, 0.15) is 50.2 Å². The normalized spacial score (nSPS) is 25.5. The van der Waals surface area contributed by atoms with Gasteiger partial charge in [-0.25, -0.2) is 0 Å². The zero-order valence-corrected chi connectivity index (χ0v) is 17.7. The van der Waals surface area contributed by atoms with Crippen molar-refractivity contribution >= 4 is 0 Å². The van der Waals surface area contributed by atoms with Gasteiger partial charge in [0.25, 0.3) is 0 Å². The zero-order valence-electron chi connectivity index (χ0n) is 17.7. The van der Waals surface area contributed by atoms with Gasteiger partial charge < -0.3 is 9.47 Å². The third-order valence-electron chi connectivity index (χ3n) is 6.93. The predicted octanol–water partition coefficient (Wildman–Crippen LogP) is 6.56. The van der Waals surface area contributed by atoms with Crippen LogP contribution in [-0.4, -0.2) is 13.2 Å². The van der Waals surface area contributed by atoms with E-state index in [0.29, 0.717) is 24.5 Å². The first-order valence-corrected chi connectivity index (χ1v) is 11.1. The van der Waals surface area contributed by atoms with E-state index < -0.39 is 0 Å². The quantitative estimate of drug-likeness (QED) is 0.475. The third-order valence-corrected chi connectivity index (χ3v) is 6.93. The van der Waals surface area contributed by atoms with E-state index >= 15 is 0 Å². The topological polar surface area (TPSA) is 18.5 Å². The maximum atomic E-state index is 6.29. The van der Waals surface area contributed by atoms with Gasteiger partial charge in [0.2, 0.25) is 0 Å². The molecule has 0 radical (unpaired) electrons. The van der Waals surface area contributed by atoms with Gasteiger partial charge in [-0.15, -0.1) is 0 Å². The fourth-order valence-electron chi connectivity index (χ4n) is 5.49. The van der Waals surface area contributed by atoms with E-state index in [1.807, 2.05) is 0 Å². The van der Waals surface area contributed by atoms with Gasteiger partial charge in [-0.2, -0.15) is 0 Å². The summed E-state index contributed by atoms with van der Waals surface area (Å²) in [7, 11) is 0. The molecule has 0 aliphatic heterocycles. The molecule has 0 saturated heterocycles. The second kappa shape index (κ2) is 9.28. The second-order valence-electron chi connectivity index (χ2n) is 9.27. The summed E-state index contributed by atoms with van der Waals surface area (Å²) < 4.78 is 12.6. The van der Waals surface area contributed by atoms with Crippen LogP contribution >= 0.6 is 0 Å². The molecule has 0 unspecified atom stereocenters. The Bertz CT molecular complexity index is 737. The van der Waals surface area contributed by atoms with Crippen LogP contribution in [0.5, 0.6) is 0 Å². The number of rotatable bonds is 8. The van der Waals surface area contributed by atoms with Crippen LogP contribution in [0, 0.1) is 16.7 Å². The van der Waals surface area contributed by atoms with Gasteiger partial charge in [0.1, 0.15) is 0 Å². The molecule has 0 heterocycles. The molecule has 0 N–H and O–H groups in total. The Hall–Kier alpha value is -1.90. The molecule has 1 fully saturated rings. The van der Waals surface area contributed by atoms with Crippen LogP contribution in [0.4, 0.5) is 0 Å². The Morgan fingerprint density at radius 3 is 1.97 bits per heavy atom. The van der Waals surface area contributed by atoms with Gasteiger partial charge in [0.15, 0.2) is 0 Å². The van der Waals surface area contributed by atoms with E-state index in [4.69, 9.17) is 9.47 Å². The molecule has 1 spiro atoms. The molecule has 1 saturated carbocycles. The van der Waals surface area contributed by atoms with Crippen molar-refractivity contribution in [1.29, 1.82) is 0 Å². The Morgan fingerprint density at radius 1 is 0.862 bits per heavy atom. The lowest BCUT2D eigenvalue weighted by Gasteiger charge is -2.35. The highest BCUT2D eigenvalue weighted by Crippen LogP contribution is 2.58. The number of allylic oxidation sites excluding steroid dienone is 2. The van der Waals surface area contributed by atoms with Crippen molar-refractivity contribution in [2.24, 2.45) is 16.7 Å². The van der Waals surface area contributed by atoms with Crippen molar-refractivity contribution in [3.8, 4) is 0 Å². The first-order chi connectivity index (χ1) is 14.2. The molecule has 2 aromatic rings. The summed E-state index contributed by atoms with van der Waals surface area (Å²) in [6.07, 6.45) is 11.2. The first-order valence-electron chi connectivity index (χ1n) is 11.1. The monoisotopic (exact) mass is 390 g/mol. The molecule has 0 amide bonds. The molecule has 2 aliphatic carbocycles. The van der Waals surface area contributed by atoms with Crippen LogP contribution in [-0.2, 0) is 22.7 Å². The summed E-state index contributed by atoms with van der Waals surface area (Å²) in [5.41, 5.74) is 2.92. The summed E-state index contributed by atoms with van der Waals surface area (Å²) in [6.45, 7) is 5.34. The molecule has 4 rings (SSSR count). The SMILES string of the molecule is C[C@H]1CC(COCc2ccccc2)(COCc2ccccc2)C[C@@]12C=CCCC2. The average molecular weight is 391 g/mol. The highest BCUT2D eigenvalue weighted by molar-refractivity contribution is 5.16. The second-order valence-corrected chi connectivity index (χ2v) is 9.27. The predicted molar refractivity (Wildman–Crippen MR) is 118 cm³/mol. The lowest BCUT2D eigenvalue weighted by Crippen LogP contribution is -2.32. The summed E-state index contributed by atoms with van der Waals surface area (Å²) in [5, 5.41) is 0. The minimum atomic E-state index is 0.102. The Labute approximate surface area is 175 Å². The fourth-order valence-corrected chi connectivity index (χ4v) is 5.49. The van der Waals surface area contributed by atoms with Crippen LogP contribution in [0.2, 0.25) is 0 Å². The van der Waals surface area contributed by atoms with E-state index in [9.17, 15) is 0 Å². The van der Waals surface area contributed by atoms with Gasteiger partial charge in [-0.05, 0) is 54.6 Å². The molecule has 2 nitrogen and oxygen atoms in total. The largest absolute Gasteiger partial charge is 0.376 e. The van der Waals surface area contributed by atoms with Crippen molar-refractivity contribution in [3.63, 3.8) is 0 Å². The summed E-state index contributed by atoms with van der Waals surface area (Å²) >= 11 is 0. The molecule has 2 atom stereocenters. The molecule has 29 heavy (non-hydrogen) atoms. The van der Waals surface area contributed by atoms with Crippen LogP contribution in [0.3, 0.4) is 0 Å². The molecule has 0 aromatic heterocycles. The molecular weight excluding hydrogens is 356 g/mol. The Balaban J connectivity index is 1.43. The molecule has 2 aromatic carbocycles. The maximum absolute atomic E-state index is 6.29. The number of benzene rings is 2. The molecule has 154 valence electrons. The van der Waals surface area contributed by atoms with Crippen molar-refractivity contribution < 1.29 is 9.47 Å². The van der Waals surface area contributed by atoms with E-state index in [0.717, 1.165) is 13.2 Å². The molecular formula is C27H34O2. The van der Waals surface area contributed by atoms with E-state index in [1.54, 1.807) is 0 Å². The van der Waals surface area contributed by atoms with E-state index in [2.05, 4.69) is 79.7 Å². The van der Waals surface area contributed by atoms with Crippen molar-refractivity contribution in [2.75, 3.05) is 13.2 Å². The maximum Gasteiger partial charge on any atom is 0.0717 e. The highest BCUT2D eigenvalue weighted by atomic mass is 16.5. The van der Waals surface area contributed by atoms with Crippen molar-refractivity contribution in [1.82, 2.24) is 0 Å². The van der Waals surface area contributed by atoms with Crippen LogP contribution in [0.15, 0.2) is 72.8 Å². The first kappa shape index (κ1) is 20.4. The number of hydrogen-bond donors (Lipinski definition) is 0. The molecule has 2 heteroatoms. The summed E-state index contributed by atoms with van der Waals surface area (Å²) in [6, 6.07) is 21.0. The lowest BCUT2D eigenvalue weighted by molar-refractivity contribution is -0.0347. The van der Waals surface area contributed by atoms with Crippen LogP contribution in [0.25, 0.3) is 0 Å². The van der Waals surface area contributed by atoms with E-state index in [-0.39, 0.29) is 5.41 Å². The molecule has 2 aliphatic rings. The zero-order chi connectivity index (χ0) is 20.0. The highest BCUT2D eigenvalue weighted by Gasteiger charge is 2.51. The number of hydrogen-bond acceptors (Lipinski definition) is 2. The third kappa shape index (κ3) is 4.99. The number of ether oxygens (including phenoxy) is 2. The smallest absolute Gasteiger partial charge is 0.0717 e. The summed E-state index contributed by atoms with van der Waals surface area (Å²) in [5.74, 6) is 0.680. The minimum Gasteiger partial charge on any atom is -0.376 e. The van der Waals surface area contributed by atoms with Crippen LogP contribution < -0.4 is 0 Å². The lowest BCUT2D eigenvalue weighted by atomic mass is 9.71. The van der Waals surface area contributed by atoms with E-state index in [1.165, 1.54) is 43.2 Å². The molecule has 0 bridgehead atoms. The standard InChI is InChI=1S/C27H34O2/c1-23-17-26(20-27(23)15-9-4-10-16-27,21-28-18-24-11-5-2-6-12-24)22-29-19-25-13-7-3-8-14-25/h2-3,5-9,11-15,23H,4,10,16-22H2,1H3/t23-,27-/m0/s1. The van der Waals surface area contributed by atoms with Gasteiger partial charge >= 0.3 is 0 Å². The Kier molecular flexibility index (Phi) is 6.52. The van der Waals surface area contributed by atoms with Gasteiger partial charge in [-0.1, -0.05) is 79.7 Å². The van der Waals surface area contributed by atoms with Gasteiger partial charge in [-0.3, -0.25) is 0 Å². The average Bonchev–Trinajstić information content (AvgIpc) is 3.01. The van der Waals surface area contributed by atoms with Gasteiger partial charge in [0.05, 0.1) is 26.4 Å². The van der Waals surface area contributed by atoms with Crippen molar-refractivity contribution in [3.05, 3.63) is 83.9 Å².